The van der Waals surface area contributed by atoms with Crippen LogP contribution >= 0.6 is 18.9 Å². The Balaban J connectivity index is 1.25. The van der Waals surface area contributed by atoms with E-state index < -0.39 is 69.8 Å². The van der Waals surface area contributed by atoms with Crippen molar-refractivity contribution in [3.63, 3.8) is 0 Å². The first-order valence-corrected chi connectivity index (χ1v) is 20.0. The molecule has 0 aliphatic carbocycles. The molecule has 268 valence electrons. The second-order valence-corrected chi connectivity index (χ2v) is 17.8. The van der Waals surface area contributed by atoms with Crippen molar-refractivity contribution < 1.29 is 50.7 Å². The van der Waals surface area contributed by atoms with E-state index in [1.807, 2.05) is 0 Å². The van der Waals surface area contributed by atoms with Crippen molar-refractivity contribution in [2.75, 3.05) is 31.9 Å². The zero-order valence-corrected chi connectivity index (χ0v) is 29.3. The van der Waals surface area contributed by atoms with E-state index in [9.17, 15) is 40.9 Å². The molecule has 4 amide bonds. The van der Waals surface area contributed by atoms with Gasteiger partial charge in [0.1, 0.15) is 17.3 Å². The molecule has 3 saturated heterocycles. The number of halogens is 2. The number of nitrogens with zero attached hydrogens (tertiary/aromatic N) is 3. The summed E-state index contributed by atoms with van der Waals surface area (Å²) in [5.74, 6) is -2.28. The fraction of sp³-hybridized carbons (Fsp3) is 0.438. The molecule has 3 aliphatic rings. The fourth-order valence-electron chi connectivity index (χ4n) is 6.93. The van der Waals surface area contributed by atoms with Crippen LogP contribution < -0.4 is 5.32 Å². The van der Waals surface area contributed by atoms with E-state index in [0.29, 0.717) is 29.5 Å². The van der Waals surface area contributed by atoms with E-state index in [2.05, 4.69) is 5.32 Å². The molecule has 0 radical (unpaired) electrons. The molecule has 13 nitrogen and oxygen atoms in total. The maximum atomic E-state index is 14.4. The summed E-state index contributed by atoms with van der Waals surface area (Å²) in [6, 6.07) is 10.3. The lowest BCUT2D eigenvalue weighted by atomic mass is 10.1. The molecular formula is C32H35F2N4O9PS2. The number of carbonyl (C=O) groups is 4. The monoisotopic (exact) mass is 752 g/mol. The van der Waals surface area contributed by atoms with Crippen molar-refractivity contribution >= 4 is 62.5 Å². The van der Waals surface area contributed by atoms with Crippen LogP contribution in [0.4, 0.5) is 8.78 Å². The number of benzene rings is 2. The summed E-state index contributed by atoms with van der Waals surface area (Å²) in [5.41, 5.74) is -4.80. The topological polar surface area (TPSA) is 182 Å². The van der Waals surface area contributed by atoms with E-state index in [1.54, 1.807) is 30.3 Å². The van der Waals surface area contributed by atoms with Crippen LogP contribution in [0.3, 0.4) is 0 Å². The van der Waals surface area contributed by atoms with E-state index in [-0.39, 0.29) is 48.1 Å². The Labute approximate surface area is 290 Å². The predicted octanol–water partition coefficient (Wildman–Crippen LogP) is 2.84. The Morgan fingerprint density at radius 1 is 0.980 bits per heavy atom. The van der Waals surface area contributed by atoms with E-state index in [4.69, 9.17) is 9.79 Å². The summed E-state index contributed by atoms with van der Waals surface area (Å²) in [4.78, 5) is 77.1. The average molecular weight is 753 g/mol. The van der Waals surface area contributed by atoms with Crippen LogP contribution in [0.1, 0.15) is 52.2 Å². The molecule has 50 heavy (non-hydrogen) atoms. The van der Waals surface area contributed by atoms with E-state index in [0.717, 1.165) is 23.5 Å². The van der Waals surface area contributed by atoms with Gasteiger partial charge in [-0.15, -0.1) is 11.3 Å². The molecule has 3 aliphatic heterocycles. The Morgan fingerprint density at radius 2 is 1.70 bits per heavy atom. The highest BCUT2D eigenvalue weighted by Crippen LogP contribution is 2.59. The number of fused-ring (bicyclic) bond motifs is 2. The normalized spacial score (nSPS) is 24.4. The van der Waals surface area contributed by atoms with Gasteiger partial charge in [0.05, 0.1) is 10.6 Å². The smallest absolute Gasteiger partial charge is 0.340 e. The third-order valence-corrected chi connectivity index (χ3v) is 13.8. The van der Waals surface area contributed by atoms with Gasteiger partial charge in [0.15, 0.2) is 9.84 Å². The van der Waals surface area contributed by atoms with Crippen LogP contribution in [0.25, 0.3) is 10.1 Å². The summed E-state index contributed by atoms with van der Waals surface area (Å²) >= 11 is 0.914. The minimum Gasteiger partial charge on any atom is -0.340 e. The number of hydrogen-bond donors (Lipinski definition) is 3. The van der Waals surface area contributed by atoms with Gasteiger partial charge in [-0.05, 0) is 48.4 Å². The van der Waals surface area contributed by atoms with E-state index >= 15 is 0 Å². The van der Waals surface area contributed by atoms with Crippen molar-refractivity contribution in [3.8, 4) is 0 Å². The zero-order chi connectivity index (χ0) is 36.2. The zero-order valence-electron chi connectivity index (χ0n) is 26.8. The van der Waals surface area contributed by atoms with Crippen LogP contribution in [0.2, 0.25) is 0 Å². The molecule has 18 heteroatoms. The van der Waals surface area contributed by atoms with Gasteiger partial charge in [-0.2, -0.15) is 8.78 Å². The average Bonchev–Trinajstić information content (AvgIpc) is 3.68. The Hall–Kier alpha value is -3.76. The molecule has 2 aromatic carbocycles. The van der Waals surface area contributed by atoms with Gasteiger partial charge in [-0.25, -0.2) is 8.42 Å². The maximum absolute atomic E-state index is 14.4. The maximum Gasteiger partial charge on any atom is 0.399 e. The van der Waals surface area contributed by atoms with Gasteiger partial charge in [-0.3, -0.25) is 23.7 Å². The predicted molar refractivity (Wildman–Crippen MR) is 179 cm³/mol. The molecule has 1 aromatic heterocycles. The lowest BCUT2D eigenvalue weighted by Crippen LogP contribution is -2.61. The lowest BCUT2D eigenvalue weighted by Gasteiger charge is -2.40. The number of nitrogens with one attached hydrogen (secondary N) is 1. The van der Waals surface area contributed by atoms with Gasteiger partial charge in [-0.1, -0.05) is 36.4 Å². The summed E-state index contributed by atoms with van der Waals surface area (Å²) in [7, 11) is -9.36. The van der Waals surface area contributed by atoms with Gasteiger partial charge >= 0.3 is 13.3 Å². The fourth-order valence-corrected chi connectivity index (χ4v) is 10.1. The second-order valence-electron chi connectivity index (χ2n) is 12.8. The number of rotatable bonds is 6. The van der Waals surface area contributed by atoms with Crippen molar-refractivity contribution in [1.82, 2.24) is 20.0 Å². The van der Waals surface area contributed by atoms with Crippen molar-refractivity contribution in [2.24, 2.45) is 0 Å². The molecular weight excluding hydrogens is 717 g/mol. The third kappa shape index (κ3) is 6.81. The number of hydrogen-bond acceptors (Lipinski definition) is 8. The van der Waals surface area contributed by atoms with E-state index in [1.165, 1.54) is 33.8 Å². The second kappa shape index (κ2) is 13.4. The minimum absolute atomic E-state index is 0.0213. The number of thiophene rings is 1. The van der Waals surface area contributed by atoms with Crippen LogP contribution in [-0.2, 0) is 34.4 Å². The first-order chi connectivity index (χ1) is 23.5. The highest BCUT2D eigenvalue weighted by molar-refractivity contribution is 7.91. The summed E-state index contributed by atoms with van der Waals surface area (Å²) in [6.45, 7) is 1.31. The Morgan fingerprint density at radius 3 is 2.38 bits per heavy atom. The summed E-state index contributed by atoms with van der Waals surface area (Å²) < 4.78 is 66.5. The molecule has 0 saturated carbocycles. The molecule has 1 unspecified atom stereocenters. The standard InChI is InChI=1S/C32H35F2N4O9PS2/c1-19(39)36-12-11-23-8-9-25(31(42)37-13-14-50(46,47)28(18-37)20-5-3-2-4-6-20)38(23)30(41)24(17-36)35-29(40)27-16-21-15-22(7-10-26(21)49-27)32(33,34)48(43,44)45/h2-7,10,15-16,23-25,28H,8-9,11-14,17-18H2,1H3,(H,35,40)(H2,43,44,45)/t23-,24+,25+,28?/m1/s1. The Kier molecular flexibility index (Phi) is 9.67. The highest BCUT2D eigenvalue weighted by atomic mass is 32.2. The van der Waals surface area contributed by atoms with Crippen LogP contribution in [-0.4, -0.2) is 107 Å². The van der Waals surface area contributed by atoms with Gasteiger partial charge in [0.25, 0.3) is 5.91 Å². The Bertz CT molecular complexity index is 2010. The van der Waals surface area contributed by atoms with Gasteiger partial charge in [0.2, 0.25) is 17.7 Å². The lowest BCUT2D eigenvalue weighted by molar-refractivity contribution is -0.148. The molecule has 3 fully saturated rings. The third-order valence-electron chi connectivity index (χ3n) is 9.63. The van der Waals surface area contributed by atoms with Crippen molar-refractivity contribution in [3.05, 3.63) is 70.6 Å². The molecule has 0 spiro atoms. The van der Waals surface area contributed by atoms with Gasteiger partial charge < -0.3 is 29.8 Å². The van der Waals surface area contributed by atoms with Crippen LogP contribution in [0.5, 0.6) is 0 Å². The van der Waals surface area contributed by atoms with Crippen molar-refractivity contribution in [1.29, 1.82) is 0 Å². The first-order valence-electron chi connectivity index (χ1n) is 15.9. The van der Waals surface area contributed by atoms with Crippen LogP contribution in [0.15, 0.2) is 54.6 Å². The quantitative estimate of drug-likeness (QED) is 0.319. The molecule has 6 rings (SSSR count). The molecule has 3 aromatic rings. The summed E-state index contributed by atoms with van der Waals surface area (Å²) in [5, 5.41) is 1.88. The van der Waals surface area contributed by atoms with Crippen LogP contribution in [0, 0.1) is 0 Å². The van der Waals surface area contributed by atoms with Crippen molar-refractivity contribution in [2.45, 2.75) is 55.2 Å². The molecule has 4 heterocycles. The largest absolute Gasteiger partial charge is 0.399 e. The number of sulfone groups is 1. The number of carbonyl (C=O) groups excluding carboxylic acids is 4. The summed E-state index contributed by atoms with van der Waals surface area (Å²) in [6.07, 6.45) is 1.17. The number of alkyl halides is 2. The van der Waals surface area contributed by atoms with Gasteiger partial charge in [0, 0.05) is 49.4 Å². The highest BCUT2D eigenvalue weighted by Gasteiger charge is 2.51. The SMILES string of the molecule is CC(=O)N1CC[C@H]2CC[C@@H](C(=O)N3CCS(=O)(=O)C(c4ccccc4)C3)N2C(=O)[C@@H](NC(=O)c2cc3cc(C(F)(F)P(=O)(O)O)ccc3s2)C1. The molecule has 0 bridgehead atoms. The number of amides is 4. The first kappa shape index (κ1) is 36.0. The molecule has 4 atom stereocenters. The molecule has 3 N–H and O–H groups in total. The minimum atomic E-state index is -5.82.